The fourth-order valence-corrected chi connectivity index (χ4v) is 3.19. The lowest BCUT2D eigenvalue weighted by molar-refractivity contribution is -0.143. The smallest absolute Gasteiger partial charge is 0.328 e. The van der Waals surface area contributed by atoms with E-state index < -0.39 is 54.5 Å². The van der Waals surface area contributed by atoms with Gasteiger partial charge in [-0.25, -0.2) is 4.79 Å². The number of hydrogen-bond acceptors (Lipinski definition) is 7. The van der Waals surface area contributed by atoms with Gasteiger partial charge < -0.3 is 31.9 Å². The number of thioether (sulfide) groups is 1. The molecule has 10 nitrogen and oxygen atoms in total. The second kappa shape index (κ2) is 15.0. The third-order valence-corrected chi connectivity index (χ3v) is 5.58. The quantitative estimate of drug-likeness (QED) is 0.192. The first kappa shape index (κ1) is 29.1. The summed E-state index contributed by atoms with van der Waals surface area (Å²) >= 11 is 1.46. The molecule has 5 unspecified atom stereocenters. The molecule has 0 aliphatic heterocycles. The Morgan fingerprint density at radius 1 is 0.935 bits per heavy atom. The Bertz CT molecular complexity index is 604. The lowest BCUT2D eigenvalue weighted by Crippen LogP contribution is -2.58. The van der Waals surface area contributed by atoms with Crippen LogP contribution in [0.2, 0.25) is 0 Å². The van der Waals surface area contributed by atoms with E-state index in [1.165, 1.54) is 11.8 Å². The molecule has 0 spiro atoms. The van der Waals surface area contributed by atoms with Crippen molar-refractivity contribution in [2.45, 2.75) is 71.1 Å². The topological polar surface area (TPSA) is 171 Å². The molecular formula is C20H38N4O6S. The Hall–Kier alpha value is -1.85. The molecule has 0 heterocycles. The van der Waals surface area contributed by atoms with E-state index in [0.717, 1.165) is 0 Å². The highest BCUT2D eigenvalue weighted by Crippen LogP contribution is 2.10. The minimum Gasteiger partial charge on any atom is -0.480 e. The van der Waals surface area contributed by atoms with Gasteiger partial charge in [0.05, 0.1) is 12.6 Å². The summed E-state index contributed by atoms with van der Waals surface area (Å²) in [6.07, 6.45) is 3.14. The first-order valence-electron chi connectivity index (χ1n) is 10.5. The van der Waals surface area contributed by atoms with E-state index in [1.54, 1.807) is 0 Å². The molecule has 0 fully saturated rings. The summed E-state index contributed by atoms with van der Waals surface area (Å²) in [4.78, 5) is 49.1. The third-order valence-electron chi connectivity index (χ3n) is 4.94. The number of aliphatic carboxylic acids is 1. The zero-order valence-corrected chi connectivity index (χ0v) is 19.8. The van der Waals surface area contributed by atoms with Crippen molar-refractivity contribution in [3.8, 4) is 0 Å². The fraction of sp³-hybridized carbons (Fsp3) is 0.800. The number of aliphatic hydroxyl groups is 1. The van der Waals surface area contributed by atoms with Crippen molar-refractivity contribution in [2.75, 3.05) is 18.6 Å². The molecule has 180 valence electrons. The summed E-state index contributed by atoms with van der Waals surface area (Å²) in [6, 6.07) is -4.13. The van der Waals surface area contributed by atoms with Crippen molar-refractivity contribution in [2.24, 2.45) is 17.6 Å². The monoisotopic (exact) mass is 462 g/mol. The lowest BCUT2D eigenvalue weighted by atomic mass is 9.97. The SMILES string of the molecule is CCC(C)C(N)C(=O)NC(CC(C)C)C(=O)NC(CCSC)C(=O)NC(CO)C(=O)O. The van der Waals surface area contributed by atoms with Crippen LogP contribution < -0.4 is 21.7 Å². The number of carbonyl (C=O) groups is 4. The Morgan fingerprint density at radius 3 is 1.90 bits per heavy atom. The second-order valence-electron chi connectivity index (χ2n) is 8.03. The Morgan fingerprint density at radius 2 is 1.45 bits per heavy atom. The molecule has 0 radical (unpaired) electrons. The number of rotatable bonds is 15. The van der Waals surface area contributed by atoms with Gasteiger partial charge in [0.25, 0.3) is 0 Å². The Balaban J connectivity index is 5.40. The maximum atomic E-state index is 12.9. The molecule has 11 heteroatoms. The van der Waals surface area contributed by atoms with E-state index in [4.69, 9.17) is 15.9 Å². The summed E-state index contributed by atoms with van der Waals surface area (Å²) in [6.45, 7) is 6.80. The zero-order chi connectivity index (χ0) is 24.1. The normalized spacial score (nSPS) is 16.0. The van der Waals surface area contributed by atoms with Crippen LogP contribution in [-0.4, -0.2) is 76.7 Å². The zero-order valence-electron chi connectivity index (χ0n) is 19.0. The molecule has 0 aromatic carbocycles. The van der Waals surface area contributed by atoms with Crippen molar-refractivity contribution in [1.29, 1.82) is 0 Å². The van der Waals surface area contributed by atoms with Crippen molar-refractivity contribution in [3.05, 3.63) is 0 Å². The number of hydrogen-bond donors (Lipinski definition) is 6. The number of carboxylic acids is 1. The van der Waals surface area contributed by atoms with Crippen LogP contribution in [0, 0.1) is 11.8 Å². The van der Waals surface area contributed by atoms with Crippen molar-refractivity contribution in [1.82, 2.24) is 16.0 Å². The Labute approximate surface area is 188 Å². The van der Waals surface area contributed by atoms with E-state index in [9.17, 15) is 19.2 Å². The van der Waals surface area contributed by atoms with Crippen molar-refractivity contribution < 1.29 is 29.4 Å². The van der Waals surface area contributed by atoms with Gasteiger partial charge in [-0.15, -0.1) is 0 Å². The summed E-state index contributed by atoms with van der Waals surface area (Å²) < 4.78 is 0. The second-order valence-corrected chi connectivity index (χ2v) is 9.01. The molecule has 0 aliphatic carbocycles. The van der Waals surface area contributed by atoms with Crippen LogP contribution in [0.25, 0.3) is 0 Å². The number of amides is 3. The summed E-state index contributed by atoms with van der Waals surface area (Å²) in [5, 5.41) is 25.7. The first-order chi connectivity index (χ1) is 14.5. The van der Waals surface area contributed by atoms with Gasteiger partial charge >= 0.3 is 5.97 Å². The molecule has 0 aromatic heterocycles. The van der Waals surface area contributed by atoms with Gasteiger partial charge in [-0.3, -0.25) is 14.4 Å². The molecule has 0 rings (SSSR count). The van der Waals surface area contributed by atoms with Gasteiger partial charge in [0, 0.05) is 0 Å². The van der Waals surface area contributed by atoms with Gasteiger partial charge in [-0.05, 0) is 36.7 Å². The van der Waals surface area contributed by atoms with Crippen molar-refractivity contribution >= 4 is 35.5 Å². The highest BCUT2D eigenvalue weighted by molar-refractivity contribution is 7.98. The van der Waals surface area contributed by atoms with Crippen LogP contribution in [-0.2, 0) is 19.2 Å². The fourth-order valence-electron chi connectivity index (χ4n) is 2.72. The highest BCUT2D eigenvalue weighted by Gasteiger charge is 2.31. The molecule has 0 saturated carbocycles. The van der Waals surface area contributed by atoms with Gasteiger partial charge in [-0.1, -0.05) is 34.1 Å². The molecule has 3 amide bonds. The molecule has 5 atom stereocenters. The minimum atomic E-state index is -1.47. The van der Waals surface area contributed by atoms with Gasteiger partial charge in [0.15, 0.2) is 0 Å². The molecular weight excluding hydrogens is 424 g/mol. The predicted molar refractivity (Wildman–Crippen MR) is 120 cm³/mol. The van der Waals surface area contributed by atoms with E-state index in [2.05, 4.69) is 16.0 Å². The Kier molecular flexibility index (Phi) is 14.1. The molecule has 31 heavy (non-hydrogen) atoms. The van der Waals surface area contributed by atoms with Crippen LogP contribution in [0.15, 0.2) is 0 Å². The molecule has 7 N–H and O–H groups in total. The van der Waals surface area contributed by atoms with Gasteiger partial charge in [-0.2, -0.15) is 11.8 Å². The standard InChI is InChI=1S/C20H38N4O6S/c1-6-12(4)16(21)19(28)23-14(9-11(2)3)18(27)22-13(7-8-31-5)17(26)24-15(10-25)20(29)30/h11-16,25H,6-10,21H2,1-5H3,(H,22,27)(H,23,28)(H,24,26)(H,29,30). The van der Waals surface area contributed by atoms with Crippen LogP contribution in [0.3, 0.4) is 0 Å². The summed E-state index contributed by atoms with van der Waals surface area (Å²) in [5.41, 5.74) is 5.97. The van der Waals surface area contributed by atoms with Crippen LogP contribution in [0.1, 0.15) is 47.0 Å². The van der Waals surface area contributed by atoms with Crippen LogP contribution in [0.5, 0.6) is 0 Å². The average molecular weight is 463 g/mol. The van der Waals surface area contributed by atoms with E-state index >= 15 is 0 Å². The number of nitrogens with one attached hydrogen (secondary N) is 3. The minimum absolute atomic E-state index is 0.0608. The van der Waals surface area contributed by atoms with Gasteiger partial charge in [0.1, 0.15) is 18.1 Å². The highest BCUT2D eigenvalue weighted by atomic mass is 32.2. The molecule has 0 saturated heterocycles. The van der Waals surface area contributed by atoms with Gasteiger partial charge in [0.2, 0.25) is 17.7 Å². The van der Waals surface area contributed by atoms with Crippen LogP contribution in [0.4, 0.5) is 0 Å². The van der Waals surface area contributed by atoms with Crippen LogP contribution >= 0.6 is 11.8 Å². The van der Waals surface area contributed by atoms with E-state index in [1.807, 2.05) is 34.0 Å². The summed E-state index contributed by atoms with van der Waals surface area (Å²) in [7, 11) is 0. The number of carboxylic acid groups (broad SMARTS) is 1. The lowest BCUT2D eigenvalue weighted by Gasteiger charge is -2.26. The summed E-state index contributed by atoms with van der Waals surface area (Å²) in [5.74, 6) is -2.52. The first-order valence-corrected chi connectivity index (χ1v) is 11.9. The average Bonchev–Trinajstić information content (AvgIpc) is 2.71. The van der Waals surface area contributed by atoms with E-state index in [0.29, 0.717) is 18.6 Å². The number of carbonyl (C=O) groups excluding carboxylic acids is 3. The molecule has 0 bridgehead atoms. The third kappa shape index (κ3) is 10.8. The molecule has 0 aromatic rings. The van der Waals surface area contributed by atoms with E-state index in [-0.39, 0.29) is 18.3 Å². The number of aliphatic hydroxyl groups excluding tert-OH is 1. The predicted octanol–water partition coefficient (Wildman–Crippen LogP) is -0.310. The van der Waals surface area contributed by atoms with Crippen molar-refractivity contribution in [3.63, 3.8) is 0 Å². The maximum Gasteiger partial charge on any atom is 0.328 e. The maximum absolute atomic E-state index is 12.9. The largest absolute Gasteiger partial charge is 0.480 e. The number of nitrogens with two attached hydrogens (primary N) is 1. The molecule has 0 aliphatic rings.